The van der Waals surface area contributed by atoms with E-state index in [0.717, 1.165) is 47.2 Å². The maximum Gasteiger partial charge on any atom is 0.257 e. The fraction of sp³-hybridized carbons (Fsp3) is 0.476. The number of hydrogen-bond donors (Lipinski definition) is 0. The molecule has 0 spiro atoms. The molecule has 0 N–H and O–H groups in total. The molecule has 2 aliphatic heterocycles. The summed E-state index contributed by atoms with van der Waals surface area (Å²) in [5, 5.41) is 13.4. The lowest BCUT2D eigenvalue weighted by atomic mass is 10.1. The van der Waals surface area contributed by atoms with Crippen LogP contribution in [0.3, 0.4) is 0 Å². The second kappa shape index (κ2) is 8.25. The van der Waals surface area contributed by atoms with E-state index in [2.05, 4.69) is 25.2 Å². The summed E-state index contributed by atoms with van der Waals surface area (Å²) in [6, 6.07) is 3.65. The molecular formula is C21H23N9O2S. The van der Waals surface area contributed by atoms with Crippen molar-refractivity contribution < 1.29 is 4.79 Å². The van der Waals surface area contributed by atoms with Crippen LogP contribution in [0.1, 0.15) is 30.1 Å². The summed E-state index contributed by atoms with van der Waals surface area (Å²) in [6.07, 6.45) is 6.05. The highest BCUT2D eigenvalue weighted by atomic mass is 32.2. The van der Waals surface area contributed by atoms with E-state index in [0.29, 0.717) is 38.4 Å². The molecule has 11 nitrogen and oxygen atoms in total. The largest absolute Gasteiger partial charge is 0.352 e. The summed E-state index contributed by atoms with van der Waals surface area (Å²) >= 11 is 1.59. The SMILES string of the molecule is O=C(CC1CSc2nc3c(c(=O)n21)CCC3)N1CCN(c2ccc(-n3cncn3)nn2)CC1. The molecule has 0 radical (unpaired) electrons. The minimum absolute atomic E-state index is 0.0630. The summed E-state index contributed by atoms with van der Waals surface area (Å²) in [5.74, 6) is 2.20. The maximum absolute atomic E-state index is 13.0. The van der Waals surface area contributed by atoms with Crippen molar-refractivity contribution in [3.8, 4) is 5.82 Å². The third kappa shape index (κ3) is 3.67. The van der Waals surface area contributed by atoms with E-state index in [9.17, 15) is 9.59 Å². The van der Waals surface area contributed by atoms with Crippen molar-refractivity contribution in [2.45, 2.75) is 36.9 Å². The monoisotopic (exact) mass is 465 g/mol. The molecule has 33 heavy (non-hydrogen) atoms. The lowest BCUT2D eigenvalue weighted by Crippen LogP contribution is -2.49. The average Bonchev–Trinajstić information content (AvgIpc) is 3.61. The van der Waals surface area contributed by atoms with Gasteiger partial charge >= 0.3 is 0 Å². The third-order valence-electron chi connectivity index (χ3n) is 6.53. The number of nitrogens with zero attached hydrogens (tertiary/aromatic N) is 9. The Bertz CT molecular complexity index is 1230. The second-order valence-electron chi connectivity index (χ2n) is 8.47. The van der Waals surface area contributed by atoms with Crippen molar-refractivity contribution in [1.82, 2.24) is 39.4 Å². The number of anilines is 1. The Morgan fingerprint density at radius 3 is 2.67 bits per heavy atom. The molecule has 3 aromatic rings. The summed E-state index contributed by atoms with van der Waals surface area (Å²) in [7, 11) is 0. The maximum atomic E-state index is 13.0. The van der Waals surface area contributed by atoms with E-state index in [4.69, 9.17) is 4.98 Å². The van der Waals surface area contributed by atoms with Crippen molar-refractivity contribution in [2.24, 2.45) is 0 Å². The van der Waals surface area contributed by atoms with Gasteiger partial charge in [-0.2, -0.15) is 5.10 Å². The smallest absolute Gasteiger partial charge is 0.257 e. The Balaban J connectivity index is 1.08. The summed E-state index contributed by atoms with van der Waals surface area (Å²) in [5.41, 5.74) is 1.87. The van der Waals surface area contributed by atoms with Crippen LogP contribution in [0.25, 0.3) is 5.82 Å². The zero-order valence-electron chi connectivity index (χ0n) is 18.0. The summed E-state index contributed by atoms with van der Waals surface area (Å²) in [4.78, 5) is 38.7. The number of amides is 1. The second-order valence-corrected chi connectivity index (χ2v) is 9.46. The zero-order valence-corrected chi connectivity index (χ0v) is 18.8. The molecule has 0 saturated carbocycles. The Morgan fingerprint density at radius 1 is 1.09 bits per heavy atom. The molecule has 0 aromatic carbocycles. The molecule has 1 amide bonds. The van der Waals surface area contributed by atoms with Crippen LogP contribution in [-0.4, -0.2) is 77.3 Å². The lowest BCUT2D eigenvalue weighted by molar-refractivity contribution is -0.132. The molecule has 3 aliphatic rings. The molecule has 170 valence electrons. The molecule has 5 heterocycles. The van der Waals surface area contributed by atoms with E-state index >= 15 is 0 Å². The van der Waals surface area contributed by atoms with E-state index in [-0.39, 0.29) is 17.5 Å². The predicted octanol–water partition coefficient (Wildman–Crippen LogP) is 0.488. The number of piperazine rings is 1. The third-order valence-corrected chi connectivity index (χ3v) is 7.63. The molecule has 0 bridgehead atoms. The Kier molecular flexibility index (Phi) is 5.08. The van der Waals surface area contributed by atoms with Crippen LogP contribution < -0.4 is 10.5 Å². The zero-order chi connectivity index (χ0) is 22.4. The van der Waals surface area contributed by atoms with Gasteiger partial charge in [-0.05, 0) is 31.4 Å². The Hall–Kier alpha value is -3.28. The predicted molar refractivity (Wildman–Crippen MR) is 121 cm³/mol. The van der Waals surface area contributed by atoms with Gasteiger partial charge in [0.2, 0.25) is 5.91 Å². The van der Waals surface area contributed by atoms with Crippen molar-refractivity contribution in [3.05, 3.63) is 46.4 Å². The molecule has 1 fully saturated rings. The van der Waals surface area contributed by atoms with Crippen LogP contribution in [0.4, 0.5) is 5.82 Å². The van der Waals surface area contributed by atoms with Gasteiger partial charge in [-0.15, -0.1) is 10.2 Å². The van der Waals surface area contributed by atoms with Gasteiger partial charge in [0.25, 0.3) is 5.56 Å². The highest BCUT2D eigenvalue weighted by molar-refractivity contribution is 7.99. The molecule has 1 saturated heterocycles. The van der Waals surface area contributed by atoms with E-state index in [1.807, 2.05) is 17.0 Å². The first-order chi connectivity index (χ1) is 16.2. The molecule has 1 unspecified atom stereocenters. The minimum atomic E-state index is -0.114. The highest BCUT2D eigenvalue weighted by Gasteiger charge is 2.33. The molecule has 1 atom stereocenters. The van der Waals surface area contributed by atoms with Crippen LogP contribution >= 0.6 is 11.8 Å². The number of hydrogen-bond acceptors (Lipinski definition) is 9. The standard InChI is InChI=1S/C21H23N9O2S/c31-19(10-14-11-33-21-24-16-3-1-2-15(16)20(32)30(14)21)28-8-6-27(7-9-28)17-4-5-18(26-25-17)29-13-22-12-23-29/h4-5,12-14H,1-3,6-11H2. The number of carbonyl (C=O) groups is 1. The van der Waals surface area contributed by atoms with Gasteiger partial charge < -0.3 is 9.80 Å². The Labute approximate surface area is 193 Å². The van der Waals surface area contributed by atoms with Crippen LogP contribution in [0.5, 0.6) is 0 Å². The summed E-state index contributed by atoms with van der Waals surface area (Å²) in [6.45, 7) is 2.62. The van der Waals surface area contributed by atoms with Gasteiger partial charge in [0.1, 0.15) is 12.7 Å². The lowest BCUT2D eigenvalue weighted by Gasteiger charge is -2.35. The molecule has 3 aromatic heterocycles. The van der Waals surface area contributed by atoms with E-state index in [1.54, 1.807) is 27.3 Å². The fourth-order valence-corrected chi connectivity index (χ4v) is 5.91. The first kappa shape index (κ1) is 20.3. The van der Waals surface area contributed by atoms with Crippen LogP contribution in [0, 0.1) is 0 Å². The molecule has 12 heteroatoms. The van der Waals surface area contributed by atoms with Crippen molar-refractivity contribution in [1.29, 1.82) is 0 Å². The van der Waals surface area contributed by atoms with Gasteiger partial charge in [0.05, 0.1) is 11.7 Å². The Morgan fingerprint density at radius 2 is 1.91 bits per heavy atom. The van der Waals surface area contributed by atoms with E-state index < -0.39 is 0 Å². The van der Waals surface area contributed by atoms with E-state index in [1.165, 1.54) is 6.33 Å². The number of fused-ring (bicyclic) bond motifs is 2. The van der Waals surface area contributed by atoms with Gasteiger partial charge in [-0.25, -0.2) is 14.6 Å². The molecule has 1 aliphatic carbocycles. The topological polar surface area (TPSA) is 115 Å². The number of carbonyl (C=O) groups excluding carboxylic acids is 1. The number of aryl methyl sites for hydroxylation is 1. The average molecular weight is 466 g/mol. The van der Waals surface area contributed by atoms with Crippen molar-refractivity contribution in [2.75, 3.05) is 36.8 Å². The van der Waals surface area contributed by atoms with Crippen LogP contribution in [0.15, 0.2) is 34.7 Å². The number of rotatable bonds is 4. The van der Waals surface area contributed by atoms with Gasteiger partial charge in [0.15, 0.2) is 16.8 Å². The normalized spacial score (nSPS) is 19.6. The molecular weight excluding hydrogens is 442 g/mol. The van der Waals surface area contributed by atoms with Gasteiger partial charge in [-0.1, -0.05) is 11.8 Å². The van der Waals surface area contributed by atoms with Crippen LogP contribution in [-0.2, 0) is 17.6 Å². The highest BCUT2D eigenvalue weighted by Crippen LogP contribution is 2.34. The number of thioether (sulfide) groups is 1. The minimum Gasteiger partial charge on any atom is -0.352 e. The van der Waals surface area contributed by atoms with Crippen molar-refractivity contribution in [3.63, 3.8) is 0 Å². The van der Waals surface area contributed by atoms with Crippen LogP contribution in [0.2, 0.25) is 0 Å². The summed E-state index contributed by atoms with van der Waals surface area (Å²) < 4.78 is 3.33. The number of aromatic nitrogens is 7. The fourth-order valence-electron chi connectivity index (χ4n) is 4.75. The van der Waals surface area contributed by atoms with Gasteiger partial charge in [0, 0.05) is 43.9 Å². The molecule has 6 rings (SSSR count). The first-order valence-corrected chi connectivity index (χ1v) is 12.1. The quantitative estimate of drug-likeness (QED) is 0.508. The first-order valence-electron chi connectivity index (χ1n) is 11.2. The van der Waals surface area contributed by atoms with Crippen molar-refractivity contribution >= 4 is 23.5 Å². The van der Waals surface area contributed by atoms with Gasteiger partial charge in [-0.3, -0.25) is 14.2 Å².